The number of hydrogen-bond acceptors (Lipinski definition) is 4. The highest BCUT2D eigenvalue weighted by Crippen LogP contribution is 2.16. The van der Waals surface area contributed by atoms with Crippen molar-refractivity contribution in [1.29, 1.82) is 0 Å². The van der Waals surface area contributed by atoms with Crippen molar-refractivity contribution in [3.05, 3.63) is 65.1 Å². The molecule has 1 N–H and O–H groups in total. The number of fused-ring (bicyclic) bond motifs is 1. The van der Waals surface area contributed by atoms with Crippen molar-refractivity contribution in [3.8, 4) is 0 Å². The number of thioether (sulfide) groups is 1. The molecule has 0 aliphatic carbocycles. The van der Waals surface area contributed by atoms with Gasteiger partial charge in [0.25, 0.3) is 0 Å². The van der Waals surface area contributed by atoms with Gasteiger partial charge in [0.05, 0.1) is 12.3 Å². The third kappa shape index (κ3) is 4.24. The summed E-state index contributed by atoms with van der Waals surface area (Å²) in [6.07, 6.45) is 1.88. The SMILES string of the molecule is O=C(CSCc1cccc(Cl)c1)NCc1nnc2ccccn12. The molecule has 1 amide bonds. The summed E-state index contributed by atoms with van der Waals surface area (Å²) < 4.78 is 1.86. The molecule has 7 heteroatoms. The Morgan fingerprint density at radius 3 is 3.00 bits per heavy atom. The van der Waals surface area contributed by atoms with Gasteiger partial charge in [-0.15, -0.1) is 22.0 Å². The molecule has 0 spiro atoms. The van der Waals surface area contributed by atoms with Crippen molar-refractivity contribution in [2.75, 3.05) is 5.75 Å². The van der Waals surface area contributed by atoms with Crippen LogP contribution in [0, 0.1) is 0 Å². The lowest BCUT2D eigenvalue weighted by atomic mass is 10.2. The summed E-state index contributed by atoms with van der Waals surface area (Å²) in [6, 6.07) is 13.3. The second-order valence-corrected chi connectivity index (χ2v) is 6.37. The molecule has 0 aliphatic rings. The summed E-state index contributed by atoms with van der Waals surface area (Å²) in [5.41, 5.74) is 1.88. The van der Waals surface area contributed by atoms with E-state index in [1.165, 1.54) is 0 Å². The van der Waals surface area contributed by atoms with Gasteiger partial charge >= 0.3 is 0 Å². The summed E-state index contributed by atoms with van der Waals surface area (Å²) in [6.45, 7) is 0.363. The summed E-state index contributed by atoms with van der Waals surface area (Å²) in [4.78, 5) is 11.9. The van der Waals surface area contributed by atoms with Gasteiger partial charge in [-0.25, -0.2) is 0 Å². The molecule has 2 heterocycles. The zero-order valence-electron chi connectivity index (χ0n) is 12.3. The van der Waals surface area contributed by atoms with E-state index in [4.69, 9.17) is 11.6 Å². The Kier molecular flexibility index (Phi) is 5.15. The third-order valence-corrected chi connectivity index (χ3v) is 4.46. The topological polar surface area (TPSA) is 59.3 Å². The lowest BCUT2D eigenvalue weighted by Crippen LogP contribution is -2.25. The largest absolute Gasteiger partial charge is 0.348 e. The number of carbonyl (C=O) groups excluding carboxylic acids is 1. The molecule has 118 valence electrons. The maximum absolute atomic E-state index is 11.9. The van der Waals surface area contributed by atoms with Crippen LogP contribution in [0.25, 0.3) is 5.65 Å². The molecule has 23 heavy (non-hydrogen) atoms. The number of benzene rings is 1. The number of hydrogen-bond donors (Lipinski definition) is 1. The predicted molar refractivity (Wildman–Crippen MR) is 92.4 cm³/mol. The zero-order valence-corrected chi connectivity index (χ0v) is 13.8. The van der Waals surface area contributed by atoms with Crippen molar-refractivity contribution < 1.29 is 4.79 Å². The molecule has 0 saturated heterocycles. The van der Waals surface area contributed by atoms with Crippen LogP contribution < -0.4 is 5.32 Å². The Morgan fingerprint density at radius 2 is 2.13 bits per heavy atom. The van der Waals surface area contributed by atoms with Gasteiger partial charge in [0.15, 0.2) is 11.5 Å². The van der Waals surface area contributed by atoms with E-state index in [2.05, 4.69) is 15.5 Å². The van der Waals surface area contributed by atoms with Crippen LogP contribution in [0.1, 0.15) is 11.4 Å². The van der Waals surface area contributed by atoms with Crippen LogP contribution in [0.15, 0.2) is 48.7 Å². The number of pyridine rings is 1. The fraction of sp³-hybridized carbons (Fsp3) is 0.188. The van der Waals surface area contributed by atoms with Crippen LogP contribution in [0.4, 0.5) is 0 Å². The fourth-order valence-corrected chi connectivity index (χ4v) is 3.15. The van der Waals surface area contributed by atoms with Gasteiger partial charge in [-0.05, 0) is 29.8 Å². The van der Waals surface area contributed by atoms with E-state index >= 15 is 0 Å². The van der Waals surface area contributed by atoms with Crippen LogP contribution in [0.3, 0.4) is 0 Å². The highest BCUT2D eigenvalue weighted by atomic mass is 35.5. The molecule has 0 atom stereocenters. The van der Waals surface area contributed by atoms with Gasteiger partial charge in [-0.1, -0.05) is 29.8 Å². The molecule has 0 saturated carbocycles. The van der Waals surface area contributed by atoms with Crippen molar-refractivity contribution in [2.24, 2.45) is 0 Å². The summed E-state index contributed by atoms with van der Waals surface area (Å²) in [7, 11) is 0. The van der Waals surface area contributed by atoms with Crippen LogP contribution in [-0.4, -0.2) is 26.3 Å². The molecule has 5 nitrogen and oxygen atoms in total. The van der Waals surface area contributed by atoms with Gasteiger partial charge < -0.3 is 5.32 Å². The van der Waals surface area contributed by atoms with E-state index in [9.17, 15) is 4.79 Å². The smallest absolute Gasteiger partial charge is 0.230 e. The molecule has 3 rings (SSSR count). The highest BCUT2D eigenvalue weighted by molar-refractivity contribution is 7.99. The number of amides is 1. The maximum Gasteiger partial charge on any atom is 0.230 e. The fourth-order valence-electron chi connectivity index (χ4n) is 2.13. The van der Waals surface area contributed by atoms with Crippen LogP contribution in [0.2, 0.25) is 5.02 Å². The second-order valence-electron chi connectivity index (χ2n) is 4.94. The van der Waals surface area contributed by atoms with Gasteiger partial charge in [-0.3, -0.25) is 9.20 Å². The first-order valence-corrected chi connectivity index (χ1v) is 8.63. The first-order chi connectivity index (χ1) is 11.2. The minimum Gasteiger partial charge on any atom is -0.348 e. The van der Waals surface area contributed by atoms with Crippen molar-refractivity contribution in [1.82, 2.24) is 19.9 Å². The molecule has 2 aromatic heterocycles. The summed E-state index contributed by atoms with van der Waals surface area (Å²) in [5, 5.41) is 11.7. The van der Waals surface area contributed by atoms with Crippen molar-refractivity contribution in [2.45, 2.75) is 12.3 Å². The number of nitrogens with one attached hydrogen (secondary N) is 1. The lowest BCUT2D eigenvalue weighted by molar-refractivity contribution is -0.118. The summed E-state index contributed by atoms with van der Waals surface area (Å²) >= 11 is 7.49. The molecular formula is C16H15ClN4OS. The first-order valence-electron chi connectivity index (χ1n) is 7.10. The number of aromatic nitrogens is 3. The minimum atomic E-state index is -0.0234. The highest BCUT2D eigenvalue weighted by Gasteiger charge is 2.07. The zero-order chi connectivity index (χ0) is 16.1. The molecule has 3 aromatic rings. The Hall–Kier alpha value is -2.05. The van der Waals surface area contributed by atoms with Crippen LogP contribution in [-0.2, 0) is 17.1 Å². The minimum absolute atomic E-state index is 0.0234. The van der Waals surface area contributed by atoms with E-state index in [0.717, 1.165) is 17.0 Å². The monoisotopic (exact) mass is 346 g/mol. The number of carbonyl (C=O) groups is 1. The molecule has 0 radical (unpaired) electrons. The molecule has 1 aromatic carbocycles. The Bertz CT molecular complexity index is 820. The Morgan fingerprint density at radius 1 is 1.22 bits per heavy atom. The second kappa shape index (κ2) is 7.48. The molecule has 0 fully saturated rings. The maximum atomic E-state index is 11.9. The summed E-state index contributed by atoms with van der Waals surface area (Å²) in [5.74, 6) is 1.84. The number of nitrogens with zero attached hydrogens (tertiary/aromatic N) is 3. The average molecular weight is 347 g/mol. The van der Waals surface area contributed by atoms with Gasteiger partial charge in [-0.2, -0.15) is 0 Å². The number of halogens is 1. The van der Waals surface area contributed by atoms with Crippen molar-refractivity contribution >= 4 is 34.9 Å². The van der Waals surface area contributed by atoms with Gasteiger partial charge in [0.1, 0.15) is 0 Å². The van der Waals surface area contributed by atoms with E-state index in [1.54, 1.807) is 11.8 Å². The lowest BCUT2D eigenvalue weighted by Gasteiger charge is -2.05. The normalized spacial score (nSPS) is 10.8. The van der Waals surface area contributed by atoms with Gasteiger partial charge in [0.2, 0.25) is 5.91 Å². The standard InChI is InChI=1S/C16H15ClN4OS/c17-13-5-3-4-12(8-13)10-23-11-16(22)18-9-15-20-19-14-6-1-2-7-21(14)15/h1-8H,9-11H2,(H,18,22). The average Bonchev–Trinajstić information content (AvgIpc) is 2.96. The number of rotatable bonds is 6. The third-order valence-electron chi connectivity index (χ3n) is 3.22. The van der Waals surface area contributed by atoms with Crippen molar-refractivity contribution in [3.63, 3.8) is 0 Å². The Labute approximate surface area is 143 Å². The van der Waals surface area contributed by atoms with E-state index < -0.39 is 0 Å². The van der Waals surface area contributed by atoms with Crippen LogP contribution >= 0.6 is 23.4 Å². The first kappa shape index (κ1) is 15.8. The molecule has 0 bridgehead atoms. The predicted octanol–water partition coefficient (Wildman–Crippen LogP) is 2.93. The molecule has 0 aliphatic heterocycles. The molecular weight excluding hydrogens is 332 g/mol. The van der Waals surface area contributed by atoms with E-state index in [-0.39, 0.29) is 5.91 Å². The molecule has 0 unspecified atom stereocenters. The van der Waals surface area contributed by atoms with Crippen LogP contribution in [0.5, 0.6) is 0 Å². The van der Waals surface area contributed by atoms with E-state index in [1.807, 2.05) is 53.1 Å². The van der Waals surface area contributed by atoms with E-state index in [0.29, 0.717) is 23.1 Å². The Balaban J connectivity index is 1.46. The quantitative estimate of drug-likeness (QED) is 0.745. The van der Waals surface area contributed by atoms with Gasteiger partial charge in [0, 0.05) is 17.0 Å².